The van der Waals surface area contributed by atoms with Gasteiger partial charge in [-0.05, 0) is 51.0 Å². The maximum atomic E-state index is 14.7. The fourth-order valence-corrected chi connectivity index (χ4v) is 7.50. The van der Waals surface area contributed by atoms with Crippen LogP contribution in [0.4, 0.5) is 0 Å². The maximum Gasteiger partial charge on any atom is 0.313 e. The summed E-state index contributed by atoms with van der Waals surface area (Å²) in [5, 5.41) is 10.7. The number of hydrogen-bond donors (Lipinski definition) is 1. The Morgan fingerprint density at radius 2 is 1.80 bits per heavy atom. The van der Waals surface area contributed by atoms with Crippen LogP contribution in [-0.2, 0) is 30.3 Å². The van der Waals surface area contributed by atoms with Gasteiger partial charge in [0.1, 0.15) is 23.2 Å². The van der Waals surface area contributed by atoms with Crippen molar-refractivity contribution in [1.82, 2.24) is 9.80 Å². The second-order valence-electron chi connectivity index (χ2n) is 12.0. The molecular weight excluding hydrogens is 520 g/mol. The molecule has 0 aromatic heterocycles. The Kier molecular flexibility index (Phi) is 8.71. The van der Waals surface area contributed by atoms with Crippen molar-refractivity contribution in [1.29, 1.82) is 0 Å². The van der Waals surface area contributed by atoms with Gasteiger partial charge in [0.2, 0.25) is 11.8 Å². The quantitative estimate of drug-likeness (QED) is 0.381. The zero-order valence-electron chi connectivity index (χ0n) is 24.5. The van der Waals surface area contributed by atoms with E-state index in [0.29, 0.717) is 19.4 Å². The lowest BCUT2D eigenvalue weighted by Gasteiger charge is -2.41. The molecule has 2 fully saturated rings. The number of rotatable bonds is 8. The first-order valence-electron chi connectivity index (χ1n) is 15.3. The number of nitrogens with zero attached hydrogens (tertiary/aromatic N) is 2. The van der Waals surface area contributed by atoms with Crippen molar-refractivity contribution in [2.24, 2.45) is 11.8 Å². The summed E-state index contributed by atoms with van der Waals surface area (Å²) in [5.74, 6) is -2.86. The minimum atomic E-state index is -1.36. The van der Waals surface area contributed by atoms with E-state index in [1.165, 1.54) is 0 Å². The van der Waals surface area contributed by atoms with Crippen LogP contribution in [0.25, 0.3) is 0 Å². The van der Waals surface area contributed by atoms with E-state index in [9.17, 15) is 19.5 Å². The first kappa shape index (κ1) is 29.5. The van der Waals surface area contributed by atoms with E-state index < -0.39 is 41.1 Å². The van der Waals surface area contributed by atoms with Gasteiger partial charge in [0, 0.05) is 12.6 Å². The van der Waals surface area contributed by atoms with Crippen molar-refractivity contribution in [3.8, 4) is 0 Å². The molecule has 1 spiro atoms. The van der Waals surface area contributed by atoms with E-state index in [-0.39, 0.29) is 31.1 Å². The number of amides is 2. The summed E-state index contributed by atoms with van der Waals surface area (Å²) in [6, 6.07) is 7.93. The minimum absolute atomic E-state index is 0.0443. The standard InChI is InChI=1S/C33H44N2O6/c1-4-14-23(3)34-19-13-18-33-26(27-31(39)40-20-12-7-6-11-17-32(27,5-2)41-33)29(37)35(28(33)30(34)38)25(22-36)21-24-15-9-8-10-16-24/h8-11,13,15-18,23,25-28,36H,4-7,12,14,19-22H2,1-3H3/b17-11-/t23?,25-,26+,27-,28?,32+,33+/m1/s1. The lowest BCUT2D eigenvalue weighted by atomic mass is 9.73. The number of esters is 1. The third kappa shape index (κ3) is 5.03. The smallest absolute Gasteiger partial charge is 0.313 e. The van der Waals surface area contributed by atoms with Crippen LogP contribution >= 0.6 is 0 Å². The molecule has 1 aromatic carbocycles. The fraction of sp³-hybridized carbons (Fsp3) is 0.606. The average molecular weight is 565 g/mol. The number of aliphatic hydroxyl groups excluding tert-OH is 1. The molecule has 4 heterocycles. The Hall–Kier alpha value is -2.97. The van der Waals surface area contributed by atoms with Gasteiger partial charge in [0.25, 0.3) is 0 Å². The molecule has 222 valence electrons. The van der Waals surface area contributed by atoms with Gasteiger partial charge in [0.05, 0.1) is 25.2 Å². The number of ether oxygens (including phenoxy) is 2. The highest BCUT2D eigenvalue weighted by Gasteiger charge is 2.75. The zero-order chi connectivity index (χ0) is 29.2. The number of cyclic esters (lactones) is 1. The Morgan fingerprint density at radius 1 is 1.02 bits per heavy atom. The third-order valence-corrected chi connectivity index (χ3v) is 9.51. The highest BCUT2D eigenvalue weighted by molar-refractivity contribution is 5.99. The topological polar surface area (TPSA) is 96.4 Å². The van der Waals surface area contributed by atoms with Crippen molar-refractivity contribution in [2.45, 2.75) is 95.0 Å². The van der Waals surface area contributed by atoms with Crippen LogP contribution in [0.2, 0.25) is 0 Å². The monoisotopic (exact) mass is 564 g/mol. The van der Waals surface area contributed by atoms with Gasteiger partial charge in [-0.3, -0.25) is 14.4 Å². The summed E-state index contributed by atoms with van der Waals surface area (Å²) in [5.41, 5.74) is -1.50. The molecule has 41 heavy (non-hydrogen) atoms. The molecule has 0 saturated carbocycles. The largest absolute Gasteiger partial charge is 0.465 e. The number of aliphatic hydroxyl groups is 1. The molecule has 8 heteroatoms. The molecule has 2 unspecified atom stereocenters. The predicted octanol–water partition coefficient (Wildman–Crippen LogP) is 3.82. The normalized spacial score (nSPS) is 33.9. The maximum absolute atomic E-state index is 14.7. The molecular formula is C33H44N2O6. The van der Waals surface area contributed by atoms with E-state index in [0.717, 1.165) is 37.7 Å². The summed E-state index contributed by atoms with van der Waals surface area (Å²) in [6.07, 6.45) is 12.8. The molecule has 4 aliphatic rings. The number of carbonyl (C=O) groups excluding carboxylic acids is 3. The number of fused-ring (bicyclic) bond motifs is 2. The minimum Gasteiger partial charge on any atom is -0.465 e. The molecule has 1 N–H and O–H groups in total. The Labute approximate surface area is 243 Å². The van der Waals surface area contributed by atoms with Gasteiger partial charge in [-0.15, -0.1) is 0 Å². The van der Waals surface area contributed by atoms with Crippen molar-refractivity contribution in [3.05, 3.63) is 60.2 Å². The van der Waals surface area contributed by atoms with Crippen molar-refractivity contribution in [3.63, 3.8) is 0 Å². The van der Waals surface area contributed by atoms with Crippen LogP contribution < -0.4 is 0 Å². The molecule has 0 aliphatic carbocycles. The summed E-state index contributed by atoms with van der Waals surface area (Å²) < 4.78 is 12.8. The van der Waals surface area contributed by atoms with Gasteiger partial charge >= 0.3 is 5.97 Å². The first-order valence-corrected chi connectivity index (χ1v) is 15.3. The molecule has 1 aromatic rings. The highest BCUT2D eigenvalue weighted by Crippen LogP contribution is 2.58. The van der Waals surface area contributed by atoms with Crippen molar-refractivity contribution < 1.29 is 29.0 Å². The van der Waals surface area contributed by atoms with Crippen LogP contribution in [0.5, 0.6) is 0 Å². The average Bonchev–Trinajstić information content (AvgIpc) is 3.33. The number of benzene rings is 1. The first-order chi connectivity index (χ1) is 19.8. The van der Waals surface area contributed by atoms with E-state index in [1.807, 2.05) is 73.4 Å². The number of allylic oxidation sites excluding steroid dienone is 1. The van der Waals surface area contributed by atoms with Gasteiger partial charge < -0.3 is 24.4 Å². The molecule has 7 atom stereocenters. The highest BCUT2D eigenvalue weighted by atomic mass is 16.6. The predicted molar refractivity (Wildman–Crippen MR) is 155 cm³/mol. The van der Waals surface area contributed by atoms with E-state index >= 15 is 0 Å². The van der Waals surface area contributed by atoms with Crippen LogP contribution in [0.1, 0.15) is 64.9 Å². The van der Waals surface area contributed by atoms with Crippen LogP contribution in [-0.4, -0.2) is 81.8 Å². The second-order valence-corrected chi connectivity index (χ2v) is 12.0. The van der Waals surface area contributed by atoms with Gasteiger partial charge in [-0.25, -0.2) is 0 Å². The number of likely N-dealkylation sites (tertiary alicyclic amines) is 1. The molecule has 0 radical (unpaired) electrons. The number of hydrogen-bond acceptors (Lipinski definition) is 6. The lowest BCUT2D eigenvalue weighted by Crippen LogP contribution is -2.60. The molecule has 2 amide bonds. The molecule has 4 aliphatic heterocycles. The summed E-state index contributed by atoms with van der Waals surface area (Å²) in [6.45, 7) is 6.43. The fourth-order valence-electron chi connectivity index (χ4n) is 7.50. The van der Waals surface area contributed by atoms with Crippen molar-refractivity contribution in [2.75, 3.05) is 19.8 Å². The Bertz CT molecular complexity index is 1180. The molecule has 0 bridgehead atoms. The van der Waals surface area contributed by atoms with Crippen LogP contribution in [0.15, 0.2) is 54.6 Å². The Morgan fingerprint density at radius 3 is 2.51 bits per heavy atom. The summed E-state index contributed by atoms with van der Waals surface area (Å²) in [4.78, 5) is 46.5. The van der Waals surface area contributed by atoms with E-state index in [2.05, 4.69) is 6.92 Å². The molecule has 2 saturated heterocycles. The van der Waals surface area contributed by atoms with Gasteiger partial charge in [0.15, 0.2) is 0 Å². The molecule has 8 nitrogen and oxygen atoms in total. The van der Waals surface area contributed by atoms with Gasteiger partial charge in [-0.2, -0.15) is 0 Å². The van der Waals surface area contributed by atoms with Crippen molar-refractivity contribution >= 4 is 17.8 Å². The molecule has 5 rings (SSSR count). The van der Waals surface area contributed by atoms with E-state index in [1.54, 1.807) is 4.90 Å². The summed E-state index contributed by atoms with van der Waals surface area (Å²) in [7, 11) is 0. The SMILES string of the molecule is CCCC(C)N1CC=C[C@]23O[C@@]4(CC)/C=C\CCCCOC(=O)[C@H]4[C@H]2C(=O)N([C@@H](CO)Cc2ccccc2)C3C1=O. The summed E-state index contributed by atoms with van der Waals surface area (Å²) >= 11 is 0. The third-order valence-electron chi connectivity index (χ3n) is 9.51. The zero-order valence-corrected chi connectivity index (χ0v) is 24.5. The Balaban J connectivity index is 1.66. The number of carbonyl (C=O) groups is 3. The van der Waals surface area contributed by atoms with E-state index in [4.69, 9.17) is 9.47 Å². The van der Waals surface area contributed by atoms with Crippen LogP contribution in [0.3, 0.4) is 0 Å². The van der Waals surface area contributed by atoms with Crippen LogP contribution in [0, 0.1) is 11.8 Å². The van der Waals surface area contributed by atoms with Gasteiger partial charge in [-0.1, -0.05) is 74.9 Å². The second kappa shape index (κ2) is 12.1. The lowest BCUT2D eigenvalue weighted by molar-refractivity contribution is -0.163.